The lowest BCUT2D eigenvalue weighted by molar-refractivity contribution is -0.179. The molecule has 4 fully saturated rings. The number of nitrogens with zero attached hydrogens (tertiary/aromatic N) is 2. The lowest BCUT2D eigenvalue weighted by Crippen LogP contribution is -2.68. The van der Waals surface area contributed by atoms with E-state index < -0.39 is 88.2 Å². The van der Waals surface area contributed by atoms with Crippen molar-refractivity contribution in [2.45, 2.75) is 62.6 Å². The van der Waals surface area contributed by atoms with Crippen LogP contribution in [0.2, 0.25) is 0 Å². The Morgan fingerprint density at radius 3 is 2.63 bits per heavy atom. The molecule has 202 valence electrons. The molecule has 4 aliphatic rings. The van der Waals surface area contributed by atoms with E-state index in [0.717, 1.165) is 11.0 Å². The van der Waals surface area contributed by atoms with Gasteiger partial charge in [-0.1, -0.05) is 0 Å². The third-order valence-electron chi connectivity index (χ3n) is 7.82. The Bertz CT molecular complexity index is 1360. The van der Waals surface area contributed by atoms with Crippen LogP contribution in [0.3, 0.4) is 0 Å². The third-order valence-corrected chi connectivity index (χ3v) is 7.82. The number of alkyl halides is 2. The highest BCUT2D eigenvalue weighted by atomic mass is 19.3. The predicted octanol–water partition coefficient (Wildman–Crippen LogP) is 3.14. The number of rotatable bonds is 5. The average Bonchev–Trinajstić information content (AvgIpc) is 3.33. The molecule has 8 nitrogen and oxygen atoms in total. The van der Waals surface area contributed by atoms with Gasteiger partial charge in [0, 0.05) is 36.4 Å². The molecule has 1 saturated carbocycles. The standard InChI is InChI=1S/C25H24F5N5O3/c26-16-8-17(27)19(28)20-14(16)7-18(34-20)24(38)35-13-3-4-15(25(29,30)9-13)21(35)23(37)33-12(10-31)6-11-2-1-5-32-22(11)36/h7-8,11-13,15,21,34H,1-6,9H2,(H,32,36)(H,33,37)/t11-,12+,13-,15-,21-/m0/s1. The first-order valence-electron chi connectivity index (χ1n) is 12.4. The molecule has 6 rings (SSSR count). The minimum absolute atomic E-state index is 0.0225. The van der Waals surface area contributed by atoms with E-state index >= 15 is 0 Å². The molecule has 2 bridgehead atoms. The first kappa shape index (κ1) is 25.9. The highest BCUT2D eigenvalue weighted by molar-refractivity contribution is 6.01. The Labute approximate surface area is 213 Å². The molecular formula is C25H24F5N5O3. The quantitative estimate of drug-likeness (QED) is 0.401. The average molecular weight is 537 g/mol. The Kier molecular flexibility index (Phi) is 6.53. The maximum Gasteiger partial charge on any atom is 0.271 e. The molecule has 1 aromatic heterocycles. The summed E-state index contributed by atoms with van der Waals surface area (Å²) in [6.07, 6.45) is 0.601. The van der Waals surface area contributed by atoms with E-state index in [4.69, 9.17) is 0 Å². The molecule has 4 heterocycles. The number of aromatic nitrogens is 1. The van der Waals surface area contributed by atoms with Crippen LogP contribution in [0.15, 0.2) is 12.1 Å². The number of hydrogen-bond acceptors (Lipinski definition) is 4. The Morgan fingerprint density at radius 2 is 1.95 bits per heavy atom. The van der Waals surface area contributed by atoms with Crippen molar-refractivity contribution in [1.82, 2.24) is 20.5 Å². The van der Waals surface area contributed by atoms with Crippen molar-refractivity contribution in [2.24, 2.45) is 11.8 Å². The highest BCUT2D eigenvalue weighted by Crippen LogP contribution is 2.49. The van der Waals surface area contributed by atoms with E-state index in [1.807, 2.05) is 6.07 Å². The van der Waals surface area contributed by atoms with Gasteiger partial charge in [-0.15, -0.1) is 0 Å². The van der Waals surface area contributed by atoms with Crippen molar-refractivity contribution < 1.29 is 36.3 Å². The van der Waals surface area contributed by atoms with Crippen LogP contribution in [0.1, 0.15) is 49.0 Å². The monoisotopic (exact) mass is 537 g/mol. The number of nitriles is 1. The molecule has 3 saturated heterocycles. The van der Waals surface area contributed by atoms with Crippen molar-refractivity contribution in [2.75, 3.05) is 6.54 Å². The molecule has 38 heavy (non-hydrogen) atoms. The molecule has 1 aliphatic carbocycles. The number of carbonyl (C=O) groups excluding carboxylic acids is 3. The molecule has 5 atom stereocenters. The minimum Gasteiger partial charge on any atom is -0.356 e. The Balaban J connectivity index is 1.44. The second-order valence-electron chi connectivity index (χ2n) is 10.1. The van der Waals surface area contributed by atoms with E-state index in [1.54, 1.807) is 0 Å². The first-order chi connectivity index (χ1) is 18.0. The van der Waals surface area contributed by atoms with Crippen molar-refractivity contribution >= 4 is 28.6 Å². The van der Waals surface area contributed by atoms with E-state index in [0.29, 0.717) is 25.5 Å². The summed E-state index contributed by atoms with van der Waals surface area (Å²) in [5, 5.41) is 14.3. The normalized spacial score (nSPS) is 27.1. The van der Waals surface area contributed by atoms with Gasteiger partial charge in [0.25, 0.3) is 11.8 Å². The minimum atomic E-state index is -3.27. The van der Waals surface area contributed by atoms with Crippen molar-refractivity contribution in [3.63, 3.8) is 0 Å². The first-order valence-corrected chi connectivity index (χ1v) is 12.4. The summed E-state index contributed by atoms with van der Waals surface area (Å²) in [4.78, 5) is 42.3. The van der Waals surface area contributed by atoms with Crippen LogP contribution in [-0.2, 0) is 9.59 Å². The molecule has 3 aliphatic heterocycles. The molecule has 2 aromatic rings. The number of hydrogen-bond donors (Lipinski definition) is 3. The fourth-order valence-electron chi connectivity index (χ4n) is 5.99. The van der Waals surface area contributed by atoms with Crippen LogP contribution in [0, 0.1) is 40.6 Å². The SMILES string of the molecule is N#C[C@@H](C[C@@H]1CCCNC1=O)NC(=O)[C@@H]1[C@@H]2CC[C@@H](CC2(F)F)N1C(=O)c1cc2c(F)cc(F)c(F)c2[nH]1. The lowest BCUT2D eigenvalue weighted by Gasteiger charge is -2.53. The summed E-state index contributed by atoms with van der Waals surface area (Å²) in [5.41, 5.74) is -0.998. The van der Waals surface area contributed by atoms with Crippen LogP contribution in [0.5, 0.6) is 0 Å². The van der Waals surface area contributed by atoms with E-state index in [9.17, 15) is 41.6 Å². The number of benzene rings is 1. The van der Waals surface area contributed by atoms with Gasteiger partial charge >= 0.3 is 0 Å². The molecule has 13 heteroatoms. The highest BCUT2D eigenvalue weighted by Gasteiger charge is 2.60. The number of fused-ring (bicyclic) bond motifs is 4. The van der Waals surface area contributed by atoms with Crippen molar-refractivity contribution in [3.05, 3.63) is 35.3 Å². The fourth-order valence-corrected chi connectivity index (χ4v) is 5.99. The van der Waals surface area contributed by atoms with Gasteiger partial charge < -0.3 is 20.5 Å². The van der Waals surface area contributed by atoms with Gasteiger partial charge in [-0.2, -0.15) is 5.26 Å². The molecule has 0 spiro atoms. The number of carbonyl (C=O) groups is 3. The van der Waals surface area contributed by atoms with Gasteiger partial charge in [0.05, 0.1) is 17.5 Å². The van der Waals surface area contributed by atoms with Gasteiger partial charge in [0.1, 0.15) is 23.6 Å². The number of H-pyrrole nitrogens is 1. The van der Waals surface area contributed by atoms with Crippen LogP contribution in [-0.4, -0.2) is 58.2 Å². The summed E-state index contributed by atoms with van der Waals surface area (Å²) in [7, 11) is 0. The molecule has 0 unspecified atom stereocenters. The second kappa shape index (κ2) is 9.56. The van der Waals surface area contributed by atoms with Crippen LogP contribution in [0.4, 0.5) is 22.0 Å². The summed E-state index contributed by atoms with van der Waals surface area (Å²) in [6.45, 7) is 0.504. The fraction of sp³-hybridized carbons (Fsp3) is 0.520. The molecule has 3 amide bonds. The van der Waals surface area contributed by atoms with Crippen molar-refractivity contribution in [3.8, 4) is 6.07 Å². The van der Waals surface area contributed by atoms with Gasteiger partial charge in [0.15, 0.2) is 11.6 Å². The number of nitrogens with one attached hydrogen (secondary N) is 3. The van der Waals surface area contributed by atoms with Crippen LogP contribution < -0.4 is 10.6 Å². The second-order valence-corrected chi connectivity index (χ2v) is 10.1. The lowest BCUT2D eigenvalue weighted by atomic mass is 9.71. The predicted molar refractivity (Wildman–Crippen MR) is 122 cm³/mol. The maximum absolute atomic E-state index is 14.9. The zero-order valence-electron chi connectivity index (χ0n) is 20.0. The van der Waals surface area contributed by atoms with E-state index in [2.05, 4.69) is 15.6 Å². The number of amides is 3. The van der Waals surface area contributed by atoms with Gasteiger partial charge in [-0.25, -0.2) is 22.0 Å². The molecule has 1 aromatic carbocycles. The summed E-state index contributed by atoms with van der Waals surface area (Å²) >= 11 is 0. The molecule has 3 N–H and O–H groups in total. The van der Waals surface area contributed by atoms with Crippen LogP contribution >= 0.6 is 0 Å². The van der Waals surface area contributed by atoms with Gasteiger partial charge in [0.2, 0.25) is 11.8 Å². The largest absolute Gasteiger partial charge is 0.356 e. The maximum atomic E-state index is 14.9. The van der Waals surface area contributed by atoms with E-state index in [-0.39, 0.29) is 25.2 Å². The summed E-state index contributed by atoms with van der Waals surface area (Å²) in [6, 6.07) is -0.723. The molecular weight excluding hydrogens is 513 g/mol. The number of piperidine rings is 3. The van der Waals surface area contributed by atoms with Crippen molar-refractivity contribution in [1.29, 1.82) is 5.26 Å². The molecule has 0 radical (unpaired) electrons. The summed E-state index contributed by atoms with van der Waals surface area (Å²) in [5.74, 6) is -11.6. The Hall–Kier alpha value is -3.69. The zero-order valence-corrected chi connectivity index (χ0v) is 20.0. The number of halogens is 5. The topological polar surface area (TPSA) is 118 Å². The third kappa shape index (κ3) is 4.35. The van der Waals surface area contributed by atoms with Crippen LogP contribution in [0.25, 0.3) is 10.9 Å². The zero-order chi connectivity index (χ0) is 27.4. The smallest absolute Gasteiger partial charge is 0.271 e. The Morgan fingerprint density at radius 1 is 1.18 bits per heavy atom. The van der Waals surface area contributed by atoms with Gasteiger partial charge in [-0.05, 0) is 38.2 Å². The van der Waals surface area contributed by atoms with E-state index in [1.165, 1.54) is 0 Å². The summed E-state index contributed by atoms with van der Waals surface area (Å²) < 4.78 is 72.0. The number of aromatic amines is 1. The van der Waals surface area contributed by atoms with Gasteiger partial charge in [-0.3, -0.25) is 14.4 Å².